The van der Waals surface area contributed by atoms with Crippen molar-refractivity contribution < 1.29 is 4.74 Å². The molecule has 0 aliphatic carbocycles. The molecule has 0 N–H and O–H groups in total. The first-order valence-corrected chi connectivity index (χ1v) is 8.82. The molecule has 0 unspecified atom stereocenters. The van der Waals surface area contributed by atoms with Crippen molar-refractivity contribution in [3.63, 3.8) is 0 Å². The van der Waals surface area contributed by atoms with E-state index in [1.807, 2.05) is 31.3 Å². The van der Waals surface area contributed by atoms with Gasteiger partial charge in [-0.15, -0.1) is 11.3 Å². The Balaban J connectivity index is 1.83. The fourth-order valence-corrected chi connectivity index (χ4v) is 3.26. The van der Waals surface area contributed by atoms with Crippen LogP contribution in [-0.4, -0.2) is 16.6 Å². The molecule has 0 spiro atoms. The van der Waals surface area contributed by atoms with Crippen molar-refractivity contribution in [3.8, 4) is 27.6 Å². The molecule has 0 saturated heterocycles. The minimum atomic E-state index is 0.683. The van der Waals surface area contributed by atoms with Crippen molar-refractivity contribution in [2.24, 2.45) is 0 Å². The number of benzene rings is 1. The van der Waals surface area contributed by atoms with E-state index < -0.39 is 0 Å². The Morgan fingerprint density at radius 2 is 1.87 bits per heavy atom. The highest BCUT2D eigenvalue weighted by Crippen LogP contribution is 2.30. The third kappa shape index (κ3) is 3.77. The Hall–Kier alpha value is -2.20. The quantitative estimate of drug-likeness (QED) is 0.623. The minimum Gasteiger partial charge on any atom is -0.494 e. The smallest absolute Gasteiger partial charge is 0.124 e. The molecule has 0 aliphatic rings. The number of thiazole rings is 1. The van der Waals surface area contributed by atoms with E-state index in [1.165, 1.54) is 0 Å². The van der Waals surface area contributed by atoms with Crippen LogP contribution in [0.15, 0.2) is 48.0 Å². The zero-order valence-corrected chi connectivity index (χ0v) is 14.3. The molecule has 0 amide bonds. The summed E-state index contributed by atoms with van der Waals surface area (Å²) in [5, 5.41) is 3.14. The Morgan fingerprint density at radius 3 is 2.61 bits per heavy atom. The summed E-state index contributed by atoms with van der Waals surface area (Å²) >= 11 is 1.67. The van der Waals surface area contributed by atoms with Gasteiger partial charge in [-0.25, -0.2) is 4.98 Å². The van der Waals surface area contributed by atoms with Gasteiger partial charge in [0.15, 0.2) is 0 Å². The van der Waals surface area contributed by atoms with Crippen molar-refractivity contribution in [2.75, 3.05) is 6.61 Å². The number of nitrogens with zero attached hydrogens (tertiary/aromatic N) is 2. The van der Waals surface area contributed by atoms with Gasteiger partial charge in [-0.1, -0.05) is 13.3 Å². The fraction of sp³-hybridized carbons (Fsp3) is 0.263. The lowest BCUT2D eigenvalue weighted by atomic mass is 10.1. The number of ether oxygens (including phenoxy) is 1. The number of aryl methyl sites for hydroxylation is 1. The van der Waals surface area contributed by atoms with Crippen LogP contribution in [0.3, 0.4) is 0 Å². The summed E-state index contributed by atoms with van der Waals surface area (Å²) in [5.74, 6) is 0.894. The lowest BCUT2D eigenvalue weighted by Crippen LogP contribution is -1.90. The molecule has 0 fully saturated rings. The maximum absolute atomic E-state index is 5.48. The lowest BCUT2D eigenvalue weighted by Gasteiger charge is -2.03. The van der Waals surface area contributed by atoms with Crippen LogP contribution in [-0.2, 0) is 6.42 Å². The van der Waals surface area contributed by atoms with Gasteiger partial charge in [0.2, 0.25) is 0 Å². The predicted molar refractivity (Wildman–Crippen MR) is 95.9 cm³/mol. The molecule has 3 nitrogen and oxygen atoms in total. The maximum atomic E-state index is 5.48. The molecule has 0 saturated carbocycles. The van der Waals surface area contributed by atoms with Gasteiger partial charge in [0.25, 0.3) is 0 Å². The van der Waals surface area contributed by atoms with Crippen LogP contribution in [0.1, 0.15) is 26.0 Å². The topological polar surface area (TPSA) is 35.0 Å². The van der Waals surface area contributed by atoms with Crippen molar-refractivity contribution in [1.82, 2.24) is 9.97 Å². The maximum Gasteiger partial charge on any atom is 0.124 e. The number of pyridine rings is 1. The van der Waals surface area contributed by atoms with Crippen LogP contribution >= 0.6 is 11.3 Å². The first-order chi connectivity index (χ1) is 11.3. The molecule has 4 heteroatoms. The molecule has 1 aromatic carbocycles. The molecule has 0 aliphatic heterocycles. The molecule has 2 heterocycles. The zero-order valence-electron chi connectivity index (χ0n) is 13.5. The van der Waals surface area contributed by atoms with Crippen LogP contribution in [0, 0.1) is 0 Å². The van der Waals surface area contributed by atoms with Gasteiger partial charge in [-0.05, 0) is 49.7 Å². The summed E-state index contributed by atoms with van der Waals surface area (Å²) in [6, 6.07) is 12.3. The van der Waals surface area contributed by atoms with Gasteiger partial charge < -0.3 is 4.74 Å². The van der Waals surface area contributed by atoms with Crippen LogP contribution in [0.5, 0.6) is 5.75 Å². The van der Waals surface area contributed by atoms with Gasteiger partial charge in [0.1, 0.15) is 10.8 Å². The molecule has 0 radical (unpaired) electrons. The average Bonchev–Trinajstić information content (AvgIpc) is 3.07. The summed E-state index contributed by atoms with van der Waals surface area (Å²) < 4.78 is 5.48. The first-order valence-electron chi connectivity index (χ1n) is 7.94. The predicted octanol–water partition coefficient (Wildman–Crippen LogP) is 5.22. The van der Waals surface area contributed by atoms with Crippen molar-refractivity contribution >= 4 is 11.3 Å². The van der Waals surface area contributed by atoms with Gasteiger partial charge in [-0.3, -0.25) is 4.98 Å². The van der Waals surface area contributed by atoms with Gasteiger partial charge in [0.05, 0.1) is 12.3 Å². The Morgan fingerprint density at radius 1 is 1.04 bits per heavy atom. The van der Waals surface area contributed by atoms with Crippen LogP contribution in [0.2, 0.25) is 0 Å². The summed E-state index contributed by atoms with van der Waals surface area (Å²) in [4.78, 5) is 9.19. The van der Waals surface area contributed by atoms with E-state index in [-0.39, 0.29) is 0 Å². The molecule has 3 rings (SSSR count). The Labute approximate surface area is 141 Å². The first kappa shape index (κ1) is 15.7. The molecule has 23 heavy (non-hydrogen) atoms. The number of hydrogen-bond donors (Lipinski definition) is 0. The number of rotatable bonds is 6. The van der Waals surface area contributed by atoms with Crippen LogP contribution in [0.25, 0.3) is 21.8 Å². The zero-order chi connectivity index (χ0) is 16.1. The van der Waals surface area contributed by atoms with Crippen LogP contribution in [0.4, 0.5) is 0 Å². The van der Waals surface area contributed by atoms with E-state index in [2.05, 4.69) is 35.5 Å². The monoisotopic (exact) mass is 324 g/mol. The SMILES string of the molecule is CCCc1cc(-c2nc(-c3ccc(OCC)cc3)cs2)ccn1. The lowest BCUT2D eigenvalue weighted by molar-refractivity contribution is 0.340. The number of hydrogen-bond acceptors (Lipinski definition) is 4. The third-order valence-electron chi connectivity index (χ3n) is 3.53. The van der Waals surface area contributed by atoms with E-state index in [1.54, 1.807) is 11.3 Å². The van der Waals surface area contributed by atoms with E-state index in [0.29, 0.717) is 6.61 Å². The average molecular weight is 324 g/mol. The Kier molecular flexibility index (Phi) is 5.03. The van der Waals surface area contributed by atoms with E-state index in [9.17, 15) is 0 Å². The minimum absolute atomic E-state index is 0.683. The van der Waals surface area contributed by atoms with Crippen molar-refractivity contribution in [2.45, 2.75) is 26.7 Å². The second kappa shape index (κ2) is 7.38. The van der Waals surface area contributed by atoms with Gasteiger partial charge >= 0.3 is 0 Å². The molecule has 0 bridgehead atoms. The van der Waals surface area contributed by atoms with E-state index in [4.69, 9.17) is 9.72 Å². The van der Waals surface area contributed by atoms with Crippen molar-refractivity contribution in [1.29, 1.82) is 0 Å². The molecular formula is C19H20N2OS. The summed E-state index contributed by atoms with van der Waals surface area (Å²) in [6.07, 6.45) is 3.98. The van der Waals surface area contributed by atoms with Gasteiger partial charge in [0, 0.05) is 28.4 Å². The highest BCUT2D eigenvalue weighted by molar-refractivity contribution is 7.13. The fourth-order valence-electron chi connectivity index (χ4n) is 2.43. The van der Waals surface area contributed by atoms with Gasteiger partial charge in [-0.2, -0.15) is 0 Å². The second-order valence-electron chi connectivity index (χ2n) is 5.28. The highest BCUT2D eigenvalue weighted by atomic mass is 32.1. The normalized spacial score (nSPS) is 10.7. The molecule has 118 valence electrons. The number of aromatic nitrogens is 2. The molecular weight excluding hydrogens is 304 g/mol. The highest BCUT2D eigenvalue weighted by Gasteiger charge is 2.08. The molecule has 2 aromatic heterocycles. The van der Waals surface area contributed by atoms with Crippen molar-refractivity contribution in [3.05, 3.63) is 53.7 Å². The summed E-state index contributed by atoms with van der Waals surface area (Å²) in [5.41, 5.74) is 4.38. The Bertz CT molecular complexity index is 765. The summed E-state index contributed by atoms with van der Waals surface area (Å²) in [6.45, 7) is 4.84. The standard InChI is InChI=1S/C19H20N2OS/c1-3-5-16-12-15(10-11-20-16)19-21-18(13-23-19)14-6-8-17(9-7-14)22-4-2/h6-13H,3-5H2,1-2H3. The van der Waals surface area contributed by atoms with Crippen LogP contribution < -0.4 is 4.74 Å². The third-order valence-corrected chi connectivity index (χ3v) is 4.43. The molecule has 3 aromatic rings. The largest absolute Gasteiger partial charge is 0.494 e. The second-order valence-corrected chi connectivity index (χ2v) is 6.14. The molecule has 0 atom stereocenters. The summed E-state index contributed by atoms with van der Waals surface area (Å²) in [7, 11) is 0. The van der Waals surface area contributed by atoms with E-state index >= 15 is 0 Å². The van der Waals surface area contributed by atoms with E-state index in [0.717, 1.165) is 46.1 Å².